The minimum Gasteiger partial charge on any atom is -0.349 e. The van der Waals surface area contributed by atoms with Gasteiger partial charge in [0.1, 0.15) is 0 Å². The first-order chi connectivity index (χ1) is 25.7. The zero-order valence-electron chi connectivity index (χ0n) is 36.9. The van der Waals surface area contributed by atoms with Gasteiger partial charge in [-0.2, -0.15) is 0 Å². The van der Waals surface area contributed by atoms with Crippen LogP contribution in [0.5, 0.6) is 0 Å². The fourth-order valence-corrected chi connectivity index (χ4v) is 8.33. The van der Waals surface area contributed by atoms with E-state index in [0.717, 1.165) is 0 Å². The highest BCUT2D eigenvalue weighted by Gasteiger charge is 2.16. The zero-order chi connectivity index (χ0) is 37.8. The van der Waals surface area contributed by atoms with E-state index in [1.807, 2.05) is 0 Å². The Morgan fingerprint density at radius 3 is 0.519 bits per heavy atom. The number of thiocarbonyl (C=S) groups is 1. The van der Waals surface area contributed by atoms with Crippen LogP contribution >= 0.6 is 12.2 Å². The van der Waals surface area contributed by atoms with Gasteiger partial charge in [0.25, 0.3) is 0 Å². The normalized spacial score (nSPS) is 11.5. The first kappa shape index (κ1) is 51.7. The van der Waals surface area contributed by atoms with Gasteiger partial charge in [0.05, 0.1) is 0 Å². The molecule has 0 atom stereocenters. The van der Waals surface area contributed by atoms with Crippen molar-refractivity contribution in [1.29, 1.82) is 0 Å². The highest BCUT2D eigenvalue weighted by atomic mass is 32.1. The third-order valence-electron chi connectivity index (χ3n) is 11.7. The van der Waals surface area contributed by atoms with Gasteiger partial charge in [0.15, 0.2) is 5.11 Å². The summed E-state index contributed by atoms with van der Waals surface area (Å²) in [5.74, 6) is 0. The molecule has 312 valence electrons. The van der Waals surface area contributed by atoms with Crippen molar-refractivity contribution in [2.24, 2.45) is 0 Å². The van der Waals surface area contributed by atoms with E-state index in [9.17, 15) is 0 Å². The molecule has 0 spiro atoms. The summed E-state index contributed by atoms with van der Waals surface area (Å²) >= 11 is 6.43. The monoisotopic (exact) mass is 749 g/mol. The van der Waals surface area contributed by atoms with Crippen LogP contribution in [0.2, 0.25) is 0 Å². The third-order valence-corrected chi connectivity index (χ3v) is 12.2. The standard InChI is InChI=1S/C49H100N2S/c1-5-9-13-17-21-25-29-33-37-41-45-50(46-42-38-34-30-26-22-18-14-10-6-2)49(52)51(47-43-39-35-31-27-23-19-15-11-7-3)48-44-40-36-32-28-24-20-16-12-8-4/h5-48H2,1-4H3. The fraction of sp³-hybridized carbons (Fsp3) is 0.980. The summed E-state index contributed by atoms with van der Waals surface area (Å²) in [6, 6.07) is 0. The number of unbranched alkanes of at least 4 members (excludes halogenated alkanes) is 36. The molecule has 0 aromatic rings. The Morgan fingerprint density at radius 1 is 0.231 bits per heavy atom. The van der Waals surface area contributed by atoms with E-state index in [4.69, 9.17) is 12.2 Å². The molecule has 0 aliphatic heterocycles. The molecule has 0 saturated heterocycles. The molecule has 0 N–H and O–H groups in total. The summed E-state index contributed by atoms with van der Waals surface area (Å²) in [5, 5.41) is 1.21. The van der Waals surface area contributed by atoms with Gasteiger partial charge < -0.3 is 9.80 Å². The van der Waals surface area contributed by atoms with E-state index >= 15 is 0 Å². The molecule has 0 aliphatic carbocycles. The van der Waals surface area contributed by atoms with E-state index in [0.29, 0.717) is 0 Å². The molecule has 2 nitrogen and oxygen atoms in total. The average molecular weight is 749 g/mol. The second kappa shape index (κ2) is 45.1. The summed E-state index contributed by atoms with van der Waals surface area (Å²) in [6.45, 7) is 14.0. The van der Waals surface area contributed by atoms with Crippen molar-refractivity contribution in [3.8, 4) is 0 Å². The Balaban J connectivity index is 4.93. The second-order valence-electron chi connectivity index (χ2n) is 17.0. The molecule has 0 saturated carbocycles. The predicted molar refractivity (Wildman–Crippen MR) is 243 cm³/mol. The quantitative estimate of drug-likeness (QED) is 0.0452. The molecular formula is C49H100N2S. The molecule has 0 heterocycles. The first-order valence-corrected chi connectivity index (χ1v) is 25.2. The molecule has 0 aromatic carbocycles. The summed E-state index contributed by atoms with van der Waals surface area (Å²) in [7, 11) is 0. The lowest BCUT2D eigenvalue weighted by atomic mass is 10.1. The maximum atomic E-state index is 6.43. The minimum absolute atomic E-state index is 1.18. The van der Waals surface area contributed by atoms with Gasteiger partial charge >= 0.3 is 0 Å². The maximum absolute atomic E-state index is 6.43. The van der Waals surface area contributed by atoms with Crippen LogP contribution in [0, 0.1) is 0 Å². The van der Waals surface area contributed by atoms with Crippen LogP contribution in [0.3, 0.4) is 0 Å². The van der Waals surface area contributed by atoms with Crippen molar-refractivity contribution < 1.29 is 0 Å². The van der Waals surface area contributed by atoms with Crippen molar-refractivity contribution in [3.63, 3.8) is 0 Å². The van der Waals surface area contributed by atoms with Crippen LogP contribution in [0.15, 0.2) is 0 Å². The highest BCUT2D eigenvalue weighted by molar-refractivity contribution is 7.80. The van der Waals surface area contributed by atoms with Gasteiger partial charge in [-0.25, -0.2) is 0 Å². The number of nitrogens with zero attached hydrogens (tertiary/aromatic N) is 2. The van der Waals surface area contributed by atoms with E-state index in [1.54, 1.807) is 0 Å². The van der Waals surface area contributed by atoms with Gasteiger partial charge in [-0.1, -0.05) is 259 Å². The van der Waals surface area contributed by atoms with Crippen LogP contribution in [-0.4, -0.2) is 41.1 Å². The smallest absolute Gasteiger partial charge is 0.171 e. The Labute approximate surface area is 336 Å². The number of rotatable bonds is 44. The molecule has 0 aliphatic rings. The van der Waals surface area contributed by atoms with Gasteiger partial charge in [-0.15, -0.1) is 0 Å². The SMILES string of the molecule is CCCCCCCCCCCCN(CCCCCCCCCCCC)C(=S)N(CCCCCCCCCCCC)CCCCCCCCCCCC. The molecule has 0 amide bonds. The predicted octanol–water partition coefficient (Wildman–Crippen LogP) is 17.6. The minimum atomic E-state index is 1.18. The molecule has 3 heteroatoms. The van der Waals surface area contributed by atoms with Crippen molar-refractivity contribution in [1.82, 2.24) is 9.80 Å². The number of hydrogen-bond donors (Lipinski definition) is 0. The van der Waals surface area contributed by atoms with Gasteiger partial charge in [-0.05, 0) is 37.9 Å². The van der Waals surface area contributed by atoms with E-state index in [1.165, 1.54) is 288 Å². The summed E-state index contributed by atoms with van der Waals surface area (Å²) < 4.78 is 0. The van der Waals surface area contributed by atoms with E-state index < -0.39 is 0 Å². The van der Waals surface area contributed by atoms with Crippen LogP contribution in [0.25, 0.3) is 0 Å². The summed E-state index contributed by atoms with van der Waals surface area (Å²) in [4.78, 5) is 5.36. The molecular weight excluding hydrogens is 649 g/mol. The van der Waals surface area contributed by atoms with Crippen LogP contribution in [0.1, 0.15) is 285 Å². The van der Waals surface area contributed by atoms with Crippen molar-refractivity contribution in [2.45, 2.75) is 285 Å². The van der Waals surface area contributed by atoms with Gasteiger partial charge in [0, 0.05) is 26.2 Å². The molecule has 0 rings (SSSR count). The number of hydrogen-bond acceptors (Lipinski definition) is 1. The van der Waals surface area contributed by atoms with Crippen molar-refractivity contribution >= 4 is 17.3 Å². The third kappa shape index (κ3) is 38.0. The summed E-state index contributed by atoms with van der Waals surface area (Å²) in [5.41, 5.74) is 0. The van der Waals surface area contributed by atoms with Crippen molar-refractivity contribution in [2.75, 3.05) is 26.2 Å². The molecule has 0 bridgehead atoms. The highest BCUT2D eigenvalue weighted by Crippen LogP contribution is 2.17. The molecule has 0 fully saturated rings. The molecule has 0 aromatic heterocycles. The van der Waals surface area contributed by atoms with Crippen LogP contribution in [0.4, 0.5) is 0 Å². The Bertz CT molecular complexity index is 564. The van der Waals surface area contributed by atoms with E-state index in [2.05, 4.69) is 37.5 Å². The largest absolute Gasteiger partial charge is 0.349 e. The van der Waals surface area contributed by atoms with Gasteiger partial charge in [-0.3, -0.25) is 0 Å². The average Bonchev–Trinajstić information content (AvgIpc) is 3.15. The maximum Gasteiger partial charge on any atom is 0.171 e. The Hall–Kier alpha value is -0.310. The molecule has 52 heavy (non-hydrogen) atoms. The molecule has 0 unspecified atom stereocenters. The second-order valence-corrected chi connectivity index (χ2v) is 17.3. The first-order valence-electron chi connectivity index (χ1n) is 24.7. The summed E-state index contributed by atoms with van der Waals surface area (Å²) in [6.07, 6.45) is 56.3. The lowest BCUT2D eigenvalue weighted by molar-refractivity contribution is 0.303. The lowest BCUT2D eigenvalue weighted by Crippen LogP contribution is -2.44. The van der Waals surface area contributed by atoms with Crippen LogP contribution in [-0.2, 0) is 0 Å². The Kier molecular flexibility index (Phi) is 44.8. The lowest BCUT2D eigenvalue weighted by Gasteiger charge is -2.34. The fourth-order valence-electron chi connectivity index (χ4n) is 7.97. The Morgan fingerprint density at radius 2 is 0.365 bits per heavy atom. The zero-order valence-corrected chi connectivity index (χ0v) is 37.7. The molecule has 0 radical (unpaired) electrons. The van der Waals surface area contributed by atoms with E-state index in [-0.39, 0.29) is 0 Å². The van der Waals surface area contributed by atoms with Crippen molar-refractivity contribution in [3.05, 3.63) is 0 Å². The van der Waals surface area contributed by atoms with Crippen LogP contribution < -0.4 is 0 Å². The topological polar surface area (TPSA) is 6.48 Å². The van der Waals surface area contributed by atoms with Gasteiger partial charge in [0.2, 0.25) is 0 Å².